The Balaban J connectivity index is 0.870. The fraction of sp³-hybridized carbons (Fsp3) is 0.528. The number of morpholine rings is 1. The van der Waals surface area contributed by atoms with Crippen LogP contribution >= 0.6 is 11.6 Å². The topological polar surface area (TPSA) is 131 Å². The maximum atomic E-state index is 13.1. The van der Waals surface area contributed by atoms with Gasteiger partial charge in [-0.2, -0.15) is 0 Å². The minimum absolute atomic E-state index is 0.00851. The maximum Gasteiger partial charge on any atom is 0.329 e. The zero-order valence-electron chi connectivity index (χ0n) is 38.3. The molecule has 1 aromatic heterocycles. The highest BCUT2D eigenvalue weighted by Gasteiger charge is 2.54. The first-order chi connectivity index (χ1) is 31.6. The van der Waals surface area contributed by atoms with Crippen LogP contribution in [0.2, 0.25) is 5.02 Å². The van der Waals surface area contributed by atoms with Crippen LogP contribution in [0.15, 0.2) is 79.0 Å². The number of hydrogen-bond acceptors (Lipinski definition) is 9. The first-order valence-electron chi connectivity index (χ1n) is 24.0. The highest BCUT2D eigenvalue weighted by molar-refractivity contribution is 6.30. The number of aliphatic carboxylic acids is 1. The Hall–Kier alpha value is -4.84. The number of carboxylic acid groups (broad SMARTS) is 1. The number of carbonyl (C=O) groups excluding carboxylic acids is 1. The van der Waals surface area contributed by atoms with E-state index in [2.05, 4.69) is 64.7 Å². The highest BCUT2D eigenvalue weighted by atomic mass is 35.5. The molecule has 348 valence electrons. The SMILES string of the molecule is C[C@@H](COc1ccnc2c1[C@H](C)CCC2)CC1Cc2ccc(OCCCC(=O)NCCc3cccc(OCCN4CCOCC4)c3)cc2C12CCC(Nc1cccc(Cl)c1)(C(=O)O)CC2. The normalized spacial score (nSPS) is 23.2. The second-order valence-corrected chi connectivity index (χ2v) is 19.5. The number of benzene rings is 3. The summed E-state index contributed by atoms with van der Waals surface area (Å²) in [5.41, 5.74) is 5.55. The fourth-order valence-electron chi connectivity index (χ4n) is 10.9. The summed E-state index contributed by atoms with van der Waals surface area (Å²) in [5.74, 6) is 2.81. The lowest BCUT2D eigenvalue weighted by molar-refractivity contribution is -0.144. The van der Waals surface area contributed by atoms with E-state index in [0.29, 0.717) is 74.6 Å². The van der Waals surface area contributed by atoms with E-state index in [4.69, 9.17) is 30.5 Å². The van der Waals surface area contributed by atoms with Crippen LogP contribution in [0.3, 0.4) is 0 Å². The molecule has 1 aliphatic heterocycles. The van der Waals surface area contributed by atoms with E-state index in [9.17, 15) is 14.7 Å². The van der Waals surface area contributed by atoms with Crippen molar-refractivity contribution in [3.8, 4) is 17.2 Å². The first kappa shape index (κ1) is 46.7. The summed E-state index contributed by atoms with van der Waals surface area (Å²) in [7, 11) is 0. The molecular weight excluding hydrogens is 840 g/mol. The van der Waals surface area contributed by atoms with Gasteiger partial charge in [-0.25, -0.2) is 4.79 Å². The molecular formula is C53H67ClN4O7. The Bertz CT molecular complexity index is 2240. The standard InChI is InChI=1S/C53H67ClN4O7/c1-37(36-65-48-17-23-55-47-12-3-7-38(2)50(47)48)31-41-33-40-14-15-45(35-46(40)52(41)18-20-53(21-19-52,51(60)61)57-43-10-5-9-42(54)34-43)63-27-6-13-49(59)56-22-16-39-8-4-11-44(32-39)64-30-26-58-24-28-62-29-25-58/h4-5,8-11,14-15,17,23,32,34-35,37-38,41,57H,3,6-7,12-13,16,18-22,24-31,33,36H2,1-2H3,(H,56,59)(H,60,61)/t37-,38-,41?,52?,53?/m1/s1. The Labute approximate surface area is 389 Å². The van der Waals surface area contributed by atoms with E-state index in [1.807, 2.05) is 36.5 Å². The third-order valence-electron chi connectivity index (χ3n) is 14.5. The number of pyridine rings is 1. The van der Waals surface area contributed by atoms with Gasteiger partial charge in [0.15, 0.2) is 0 Å². The quantitative estimate of drug-likeness (QED) is 0.0738. The average Bonchev–Trinajstić information content (AvgIpc) is 3.59. The third kappa shape index (κ3) is 11.6. The van der Waals surface area contributed by atoms with E-state index in [1.54, 1.807) is 12.1 Å². The van der Waals surface area contributed by atoms with Gasteiger partial charge in [-0.1, -0.05) is 49.7 Å². The molecule has 3 N–H and O–H groups in total. The van der Waals surface area contributed by atoms with E-state index in [-0.39, 0.29) is 17.2 Å². The van der Waals surface area contributed by atoms with Gasteiger partial charge >= 0.3 is 5.97 Å². The van der Waals surface area contributed by atoms with Gasteiger partial charge in [-0.3, -0.25) is 14.7 Å². The number of ether oxygens (including phenoxy) is 4. The van der Waals surface area contributed by atoms with Gasteiger partial charge in [-0.15, -0.1) is 0 Å². The van der Waals surface area contributed by atoms with Crippen molar-refractivity contribution in [1.82, 2.24) is 15.2 Å². The first-order valence-corrected chi connectivity index (χ1v) is 24.4. The van der Waals surface area contributed by atoms with E-state index in [1.165, 1.54) is 22.4 Å². The lowest BCUT2D eigenvalue weighted by Crippen LogP contribution is -2.53. The summed E-state index contributed by atoms with van der Waals surface area (Å²) in [6.45, 7) is 11.1. The number of aryl methyl sites for hydroxylation is 1. The van der Waals surface area contributed by atoms with Gasteiger partial charge in [0, 0.05) is 60.8 Å². The summed E-state index contributed by atoms with van der Waals surface area (Å²) >= 11 is 6.33. The van der Waals surface area contributed by atoms with Crippen LogP contribution in [0.4, 0.5) is 5.69 Å². The average molecular weight is 908 g/mol. The predicted molar refractivity (Wildman–Crippen MR) is 255 cm³/mol. The van der Waals surface area contributed by atoms with Crippen molar-refractivity contribution < 1.29 is 33.6 Å². The molecule has 8 rings (SSSR count). The molecule has 4 aromatic rings. The number of fused-ring (bicyclic) bond motifs is 3. The van der Waals surface area contributed by atoms with Crippen molar-refractivity contribution in [2.75, 3.05) is 64.5 Å². The van der Waals surface area contributed by atoms with E-state index >= 15 is 0 Å². The molecule has 1 saturated carbocycles. The number of anilines is 1. The summed E-state index contributed by atoms with van der Waals surface area (Å²) in [6, 6.07) is 23.9. The number of nitrogens with one attached hydrogen (secondary N) is 2. The summed E-state index contributed by atoms with van der Waals surface area (Å²) in [5, 5.41) is 17.8. The van der Waals surface area contributed by atoms with Crippen LogP contribution in [0.25, 0.3) is 0 Å². The summed E-state index contributed by atoms with van der Waals surface area (Å²) in [6.07, 6.45) is 11.2. The van der Waals surface area contributed by atoms with Crippen LogP contribution in [0.1, 0.15) is 106 Å². The van der Waals surface area contributed by atoms with Gasteiger partial charge in [0.25, 0.3) is 0 Å². The molecule has 11 nitrogen and oxygen atoms in total. The third-order valence-corrected chi connectivity index (χ3v) is 14.7. The number of halogens is 1. The van der Waals surface area contributed by atoms with Crippen molar-refractivity contribution in [2.45, 2.75) is 108 Å². The molecule has 4 aliphatic rings. The number of carboxylic acids is 1. The van der Waals surface area contributed by atoms with Crippen LogP contribution in [0, 0.1) is 11.8 Å². The molecule has 3 atom stereocenters. The molecule has 0 radical (unpaired) electrons. The Morgan fingerprint density at radius 1 is 0.969 bits per heavy atom. The molecule has 1 spiro atoms. The predicted octanol–water partition coefficient (Wildman–Crippen LogP) is 9.43. The smallest absolute Gasteiger partial charge is 0.329 e. The van der Waals surface area contributed by atoms with Crippen LogP contribution in [-0.4, -0.2) is 91.6 Å². The van der Waals surface area contributed by atoms with Crippen molar-refractivity contribution in [3.05, 3.63) is 112 Å². The second kappa shape index (κ2) is 21.6. The van der Waals surface area contributed by atoms with Crippen molar-refractivity contribution >= 4 is 29.2 Å². The number of hydrogen-bond donors (Lipinski definition) is 3. The molecule has 12 heteroatoms. The zero-order chi connectivity index (χ0) is 45.2. The van der Waals surface area contributed by atoms with Crippen molar-refractivity contribution in [3.63, 3.8) is 0 Å². The molecule has 65 heavy (non-hydrogen) atoms. The molecule has 3 aliphatic carbocycles. The minimum Gasteiger partial charge on any atom is -0.494 e. The summed E-state index contributed by atoms with van der Waals surface area (Å²) in [4.78, 5) is 33.0. The zero-order valence-corrected chi connectivity index (χ0v) is 39.0. The molecule has 2 heterocycles. The lowest BCUT2D eigenvalue weighted by atomic mass is 9.59. The molecule has 2 fully saturated rings. The van der Waals surface area contributed by atoms with Gasteiger partial charge in [0.05, 0.1) is 26.4 Å². The molecule has 1 saturated heterocycles. The van der Waals surface area contributed by atoms with Gasteiger partial charge in [-0.05, 0) is 159 Å². The van der Waals surface area contributed by atoms with Crippen LogP contribution in [0.5, 0.6) is 17.2 Å². The Morgan fingerprint density at radius 3 is 2.58 bits per heavy atom. The number of rotatable bonds is 20. The maximum absolute atomic E-state index is 13.1. The van der Waals surface area contributed by atoms with Crippen LogP contribution in [-0.2, 0) is 39.0 Å². The van der Waals surface area contributed by atoms with Crippen molar-refractivity contribution in [1.29, 1.82) is 0 Å². The Morgan fingerprint density at radius 2 is 1.77 bits per heavy atom. The van der Waals surface area contributed by atoms with E-state index in [0.717, 1.165) is 107 Å². The van der Waals surface area contributed by atoms with Crippen LogP contribution < -0.4 is 24.8 Å². The van der Waals surface area contributed by atoms with Crippen molar-refractivity contribution in [2.24, 2.45) is 11.8 Å². The Kier molecular flexibility index (Phi) is 15.5. The molecule has 3 aromatic carbocycles. The number of nitrogens with zero attached hydrogens (tertiary/aromatic N) is 2. The lowest BCUT2D eigenvalue weighted by Gasteiger charge is -2.47. The molecule has 1 unspecified atom stereocenters. The van der Waals surface area contributed by atoms with Gasteiger partial charge in [0.1, 0.15) is 29.4 Å². The largest absolute Gasteiger partial charge is 0.494 e. The van der Waals surface area contributed by atoms with Gasteiger partial charge in [0.2, 0.25) is 5.91 Å². The monoisotopic (exact) mass is 906 g/mol. The second-order valence-electron chi connectivity index (χ2n) is 19.0. The highest BCUT2D eigenvalue weighted by Crippen LogP contribution is 2.57. The molecule has 1 amide bonds. The summed E-state index contributed by atoms with van der Waals surface area (Å²) < 4.78 is 24.4. The fourth-order valence-corrected chi connectivity index (χ4v) is 11.1. The van der Waals surface area contributed by atoms with E-state index < -0.39 is 11.5 Å². The number of aromatic nitrogens is 1. The molecule has 0 bridgehead atoms. The minimum atomic E-state index is -1.11. The number of amides is 1. The van der Waals surface area contributed by atoms with Gasteiger partial charge < -0.3 is 34.7 Å². The number of carbonyl (C=O) groups is 2.